The number of hydrogen-bond donors (Lipinski definition) is 1. The highest BCUT2D eigenvalue weighted by Gasteiger charge is 2.17. The van der Waals surface area contributed by atoms with Gasteiger partial charge in [-0.3, -0.25) is 0 Å². The van der Waals surface area contributed by atoms with Crippen molar-refractivity contribution in [1.29, 1.82) is 0 Å². The van der Waals surface area contributed by atoms with Crippen molar-refractivity contribution in [2.75, 3.05) is 13.2 Å². The van der Waals surface area contributed by atoms with Crippen molar-refractivity contribution in [3.8, 4) is 11.5 Å². The Hall–Kier alpha value is -0.950. The lowest BCUT2D eigenvalue weighted by Gasteiger charge is -2.06. The molecule has 1 aromatic carbocycles. The van der Waals surface area contributed by atoms with E-state index < -0.39 is 6.04 Å². The second-order valence-electron chi connectivity index (χ2n) is 4.26. The van der Waals surface area contributed by atoms with Crippen molar-refractivity contribution < 1.29 is 9.26 Å². The zero-order chi connectivity index (χ0) is 14.5. The molecule has 1 atom stereocenters. The third-order valence-electron chi connectivity index (χ3n) is 2.58. The van der Waals surface area contributed by atoms with Gasteiger partial charge in [0.15, 0.2) is 5.82 Å². The van der Waals surface area contributed by atoms with Gasteiger partial charge in [0, 0.05) is 16.1 Å². The summed E-state index contributed by atoms with van der Waals surface area (Å²) in [7, 11) is 0. The molecule has 0 saturated heterocycles. The normalized spacial score (nSPS) is 12.6. The van der Waals surface area contributed by atoms with Crippen molar-refractivity contribution in [2.24, 2.45) is 5.73 Å². The number of rotatable bonds is 6. The molecule has 1 heterocycles. The van der Waals surface area contributed by atoms with E-state index >= 15 is 0 Å². The van der Waals surface area contributed by atoms with Crippen molar-refractivity contribution in [3.05, 3.63) is 33.5 Å². The summed E-state index contributed by atoms with van der Waals surface area (Å²) in [5.41, 5.74) is 6.68. The molecule has 5 nitrogen and oxygen atoms in total. The van der Waals surface area contributed by atoms with Crippen molar-refractivity contribution in [3.63, 3.8) is 0 Å². The Morgan fingerprint density at radius 1 is 1.50 bits per heavy atom. The topological polar surface area (TPSA) is 74.2 Å². The Bertz CT molecular complexity index is 576. The number of benzene rings is 1. The number of ether oxygens (including phenoxy) is 1. The Labute approximate surface area is 130 Å². The van der Waals surface area contributed by atoms with Gasteiger partial charge in [0.25, 0.3) is 5.89 Å². The van der Waals surface area contributed by atoms with Crippen LogP contribution in [0.1, 0.15) is 25.2 Å². The first kappa shape index (κ1) is 15.4. The number of aromatic nitrogens is 2. The smallest absolute Gasteiger partial charge is 0.259 e. The molecule has 0 aliphatic rings. The molecule has 108 valence electrons. The van der Waals surface area contributed by atoms with Crippen molar-refractivity contribution in [2.45, 2.75) is 19.4 Å². The fraction of sp³-hybridized carbons (Fsp3) is 0.385. The highest BCUT2D eigenvalue weighted by Crippen LogP contribution is 2.30. The van der Waals surface area contributed by atoms with Crippen LogP contribution in [-0.2, 0) is 4.74 Å². The lowest BCUT2D eigenvalue weighted by molar-refractivity contribution is 0.119. The summed E-state index contributed by atoms with van der Waals surface area (Å²) in [4.78, 5) is 4.29. The summed E-state index contributed by atoms with van der Waals surface area (Å²) in [5.74, 6) is 0.795. The Morgan fingerprint density at radius 2 is 2.30 bits per heavy atom. The van der Waals surface area contributed by atoms with Crippen LogP contribution in [0.3, 0.4) is 0 Å². The van der Waals surface area contributed by atoms with E-state index in [9.17, 15) is 0 Å². The zero-order valence-electron chi connectivity index (χ0n) is 11.0. The second kappa shape index (κ2) is 7.17. The molecule has 0 radical (unpaired) electrons. The predicted molar refractivity (Wildman–Crippen MR) is 80.5 cm³/mol. The SMILES string of the molecule is CCCOCC(N)c1noc(-c2cc(Cl)ccc2Br)n1. The lowest BCUT2D eigenvalue weighted by atomic mass is 10.2. The van der Waals surface area contributed by atoms with E-state index in [0.717, 1.165) is 16.5 Å². The van der Waals surface area contributed by atoms with Crippen LogP contribution in [0, 0.1) is 0 Å². The highest BCUT2D eigenvalue weighted by atomic mass is 79.9. The van der Waals surface area contributed by atoms with Gasteiger partial charge in [-0.2, -0.15) is 4.98 Å². The summed E-state index contributed by atoms with van der Waals surface area (Å²) in [5, 5.41) is 4.48. The van der Waals surface area contributed by atoms with Crippen LogP contribution in [0.4, 0.5) is 0 Å². The summed E-state index contributed by atoms with van der Waals surface area (Å²) in [6.45, 7) is 3.07. The monoisotopic (exact) mass is 359 g/mol. The maximum absolute atomic E-state index is 5.97. The van der Waals surface area contributed by atoms with Crippen molar-refractivity contribution in [1.82, 2.24) is 10.1 Å². The van der Waals surface area contributed by atoms with Crippen LogP contribution >= 0.6 is 27.5 Å². The molecule has 0 aliphatic carbocycles. The Balaban J connectivity index is 2.14. The molecule has 1 unspecified atom stereocenters. The predicted octanol–water partition coefficient (Wildman–Crippen LogP) is 3.58. The maximum atomic E-state index is 5.97. The molecule has 0 spiro atoms. The van der Waals surface area contributed by atoms with Gasteiger partial charge in [-0.15, -0.1) is 0 Å². The van der Waals surface area contributed by atoms with Crippen LogP contribution in [0.25, 0.3) is 11.5 Å². The molecule has 0 amide bonds. The van der Waals surface area contributed by atoms with Gasteiger partial charge >= 0.3 is 0 Å². The minimum Gasteiger partial charge on any atom is -0.379 e. The van der Waals surface area contributed by atoms with Crippen LogP contribution in [0.5, 0.6) is 0 Å². The molecule has 2 rings (SSSR count). The van der Waals surface area contributed by atoms with E-state index in [2.05, 4.69) is 26.1 Å². The van der Waals surface area contributed by atoms with Crippen molar-refractivity contribution >= 4 is 27.5 Å². The molecule has 0 fully saturated rings. The number of nitrogens with two attached hydrogens (primary N) is 1. The maximum Gasteiger partial charge on any atom is 0.259 e. The molecule has 0 bridgehead atoms. The first-order chi connectivity index (χ1) is 9.61. The van der Waals surface area contributed by atoms with Gasteiger partial charge < -0.3 is 15.0 Å². The molecule has 2 N–H and O–H groups in total. The first-order valence-electron chi connectivity index (χ1n) is 6.24. The number of nitrogens with zero attached hydrogens (tertiary/aromatic N) is 2. The average Bonchev–Trinajstić information content (AvgIpc) is 2.91. The molecule has 0 aliphatic heterocycles. The molecule has 1 aromatic heterocycles. The van der Waals surface area contributed by atoms with E-state index in [1.807, 2.05) is 13.0 Å². The summed E-state index contributed by atoms with van der Waals surface area (Å²) in [6, 6.07) is 4.95. The molecule has 0 saturated carbocycles. The van der Waals surface area contributed by atoms with Gasteiger partial charge in [0.05, 0.1) is 18.2 Å². The van der Waals surface area contributed by atoms with Gasteiger partial charge in [-0.25, -0.2) is 0 Å². The average molecular weight is 361 g/mol. The molecule has 2 aromatic rings. The Morgan fingerprint density at radius 3 is 3.05 bits per heavy atom. The standard InChI is InChI=1S/C13H15BrClN3O2/c1-2-5-19-7-11(16)12-17-13(20-18-12)9-6-8(15)3-4-10(9)14/h3-4,6,11H,2,5,7,16H2,1H3. The van der Waals surface area contributed by atoms with E-state index in [-0.39, 0.29) is 0 Å². The van der Waals surface area contributed by atoms with E-state index in [4.69, 9.17) is 26.6 Å². The largest absolute Gasteiger partial charge is 0.379 e. The van der Waals surface area contributed by atoms with Gasteiger partial charge in [-0.05, 0) is 40.5 Å². The van der Waals surface area contributed by atoms with Crippen LogP contribution < -0.4 is 5.73 Å². The van der Waals surface area contributed by atoms with E-state index in [1.165, 1.54) is 0 Å². The summed E-state index contributed by atoms with van der Waals surface area (Å²) < 4.78 is 11.4. The highest BCUT2D eigenvalue weighted by molar-refractivity contribution is 9.10. The van der Waals surface area contributed by atoms with Gasteiger partial charge in [0.1, 0.15) is 0 Å². The molecule has 7 heteroatoms. The van der Waals surface area contributed by atoms with Gasteiger partial charge in [-0.1, -0.05) is 23.7 Å². The van der Waals surface area contributed by atoms with Crippen LogP contribution in [-0.4, -0.2) is 23.4 Å². The number of halogens is 2. The van der Waals surface area contributed by atoms with E-state index in [1.54, 1.807) is 12.1 Å². The van der Waals surface area contributed by atoms with Crippen LogP contribution in [0.2, 0.25) is 5.02 Å². The summed E-state index contributed by atoms with van der Waals surface area (Å²) >= 11 is 9.39. The minimum absolute atomic E-state index is 0.365. The quantitative estimate of drug-likeness (QED) is 0.797. The Kier molecular flexibility index (Phi) is 5.54. The van der Waals surface area contributed by atoms with Crippen LogP contribution in [0.15, 0.2) is 27.2 Å². The number of hydrogen-bond acceptors (Lipinski definition) is 5. The zero-order valence-corrected chi connectivity index (χ0v) is 13.3. The molecular formula is C13H15BrClN3O2. The summed E-state index contributed by atoms with van der Waals surface area (Å²) in [6.07, 6.45) is 0.944. The first-order valence-corrected chi connectivity index (χ1v) is 7.41. The fourth-order valence-electron chi connectivity index (χ4n) is 1.59. The van der Waals surface area contributed by atoms with Gasteiger partial charge in [0.2, 0.25) is 0 Å². The third-order valence-corrected chi connectivity index (χ3v) is 3.50. The lowest BCUT2D eigenvalue weighted by Crippen LogP contribution is -2.18. The third kappa shape index (κ3) is 3.79. The molecular weight excluding hydrogens is 346 g/mol. The molecule has 20 heavy (non-hydrogen) atoms. The van der Waals surface area contributed by atoms with E-state index in [0.29, 0.717) is 30.0 Å². The minimum atomic E-state index is -0.406. The second-order valence-corrected chi connectivity index (χ2v) is 5.55. The fourth-order valence-corrected chi connectivity index (χ4v) is 2.17.